The zero-order chi connectivity index (χ0) is 14.2. The molecule has 0 unspecified atom stereocenters. The average molecular weight is 290 g/mol. The second kappa shape index (κ2) is 5.75. The Hall–Kier alpha value is -0.840. The van der Waals surface area contributed by atoms with E-state index < -0.39 is 0 Å². The maximum absolute atomic E-state index is 5.77. The Morgan fingerprint density at radius 3 is 2.62 bits per heavy atom. The summed E-state index contributed by atoms with van der Waals surface area (Å²) in [6, 6.07) is 6.47. The van der Waals surface area contributed by atoms with Gasteiger partial charge < -0.3 is 9.15 Å². The monoisotopic (exact) mass is 290 g/mol. The summed E-state index contributed by atoms with van der Waals surface area (Å²) >= 11 is 0. The highest BCUT2D eigenvalue weighted by Crippen LogP contribution is 2.35. The van der Waals surface area contributed by atoms with Crippen LogP contribution in [0.3, 0.4) is 0 Å². The first-order valence-corrected chi connectivity index (χ1v) is 8.44. The smallest absolute Gasteiger partial charge is 0.118 e. The number of fused-ring (bicyclic) bond motifs is 1. The molecular weight excluding hydrogens is 264 g/mol. The number of hydrogen-bond acceptors (Lipinski definition) is 4. The van der Waals surface area contributed by atoms with Crippen LogP contribution in [0, 0.1) is 6.92 Å². The molecule has 4 nitrogen and oxygen atoms in total. The molecule has 0 amide bonds. The van der Waals surface area contributed by atoms with Crippen LogP contribution in [-0.2, 0) is 11.3 Å². The first kappa shape index (κ1) is 13.8. The third-order valence-corrected chi connectivity index (χ3v) is 5.55. The Morgan fingerprint density at radius 1 is 1.05 bits per heavy atom. The van der Waals surface area contributed by atoms with Gasteiger partial charge in [-0.05, 0) is 44.7 Å². The van der Waals surface area contributed by atoms with Crippen molar-refractivity contribution in [3.63, 3.8) is 0 Å². The van der Waals surface area contributed by atoms with Crippen molar-refractivity contribution < 1.29 is 9.15 Å². The summed E-state index contributed by atoms with van der Waals surface area (Å²) in [5.41, 5.74) is 0. The Kier molecular flexibility index (Phi) is 3.78. The Morgan fingerprint density at radius 2 is 1.86 bits per heavy atom. The largest absolute Gasteiger partial charge is 0.465 e. The molecule has 116 valence electrons. The van der Waals surface area contributed by atoms with E-state index in [0.29, 0.717) is 0 Å². The summed E-state index contributed by atoms with van der Waals surface area (Å²) in [6.45, 7) is 7.40. The SMILES string of the molecule is Cc1ccc(CN2CC[C@@H]3[C@@H]2CCN3C2CCOCC2)o1. The minimum Gasteiger partial charge on any atom is -0.465 e. The average Bonchev–Trinajstić information content (AvgIpc) is 3.18. The van der Waals surface area contributed by atoms with Gasteiger partial charge in [0.05, 0.1) is 6.54 Å². The van der Waals surface area contributed by atoms with Gasteiger partial charge in [-0.3, -0.25) is 9.80 Å². The van der Waals surface area contributed by atoms with E-state index in [2.05, 4.69) is 21.9 Å². The molecule has 4 rings (SSSR count). The normalized spacial score (nSPS) is 31.9. The van der Waals surface area contributed by atoms with Gasteiger partial charge >= 0.3 is 0 Å². The Bertz CT molecular complexity index is 481. The van der Waals surface area contributed by atoms with Crippen LogP contribution in [-0.4, -0.2) is 54.2 Å². The second-order valence-electron chi connectivity index (χ2n) is 6.78. The topological polar surface area (TPSA) is 28.9 Å². The van der Waals surface area contributed by atoms with Crippen molar-refractivity contribution in [2.24, 2.45) is 0 Å². The zero-order valence-corrected chi connectivity index (χ0v) is 13.0. The van der Waals surface area contributed by atoms with Gasteiger partial charge in [0, 0.05) is 44.4 Å². The Balaban J connectivity index is 1.41. The van der Waals surface area contributed by atoms with E-state index in [4.69, 9.17) is 9.15 Å². The lowest BCUT2D eigenvalue weighted by Crippen LogP contribution is -2.44. The zero-order valence-electron chi connectivity index (χ0n) is 13.0. The van der Waals surface area contributed by atoms with Gasteiger partial charge in [0.1, 0.15) is 11.5 Å². The molecule has 4 heteroatoms. The van der Waals surface area contributed by atoms with Crippen molar-refractivity contribution >= 4 is 0 Å². The fraction of sp³-hybridized carbons (Fsp3) is 0.765. The van der Waals surface area contributed by atoms with E-state index in [0.717, 1.165) is 49.4 Å². The van der Waals surface area contributed by atoms with Crippen LogP contribution in [0.15, 0.2) is 16.5 Å². The van der Waals surface area contributed by atoms with Gasteiger partial charge in [0.25, 0.3) is 0 Å². The predicted octanol–water partition coefficient (Wildman–Crippen LogP) is 2.42. The first-order chi connectivity index (χ1) is 10.3. The minimum absolute atomic E-state index is 0.734. The molecule has 21 heavy (non-hydrogen) atoms. The lowest BCUT2D eigenvalue weighted by Gasteiger charge is -2.35. The van der Waals surface area contributed by atoms with Crippen molar-refractivity contribution in [2.75, 3.05) is 26.3 Å². The van der Waals surface area contributed by atoms with Gasteiger partial charge in [-0.2, -0.15) is 0 Å². The van der Waals surface area contributed by atoms with Crippen molar-refractivity contribution in [3.05, 3.63) is 23.7 Å². The number of ether oxygens (including phenoxy) is 1. The van der Waals surface area contributed by atoms with E-state index in [1.807, 2.05) is 6.92 Å². The lowest BCUT2D eigenvalue weighted by molar-refractivity contribution is 0.0286. The van der Waals surface area contributed by atoms with Crippen LogP contribution in [0.1, 0.15) is 37.2 Å². The van der Waals surface area contributed by atoms with Crippen molar-refractivity contribution in [1.82, 2.24) is 9.80 Å². The van der Waals surface area contributed by atoms with E-state index in [1.54, 1.807) is 0 Å². The maximum Gasteiger partial charge on any atom is 0.118 e. The molecule has 0 saturated carbocycles. The highest BCUT2D eigenvalue weighted by atomic mass is 16.5. The van der Waals surface area contributed by atoms with Crippen LogP contribution in [0.4, 0.5) is 0 Å². The highest BCUT2D eigenvalue weighted by Gasteiger charge is 2.44. The Labute approximate surface area is 127 Å². The number of likely N-dealkylation sites (tertiary alicyclic amines) is 2. The van der Waals surface area contributed by atoms with Crippen LogP contribution in [0.25, 0.3) is 0 Å². The molecule has 3 aliphatic rings. The molecule has 0 aromatic carbocycles. The number of furan rings is 1. The summed E-state index contributed by atoms with van der Waals surface area (Å²) in [6.07, 6.45) is 5.09. The number of nitrogens with zero attached hydrogens (tertiary/aromatic N) is 2. The third-order valence-electron chi connectivity index (χ3n) is 5.55. The standard InChI is InChI=1S/C17H26N2O2/c1-13-2-3-15(21-13)12-18-8-4-17-16(18)5-9-19(17)14-6-10-20-11-7-14/h2-3,14,16-17H,4-12H2,1H3/t16-,17+/m0/s1. The van der Waals surface area contributed by atoms with Crippen LogP contribution < -0.4 is 0 Å². The summed E-state index contributed by atoms with van der Waals surface area (Å²) in [7, 11) is 0. The second-order valence-corrected chi connectivity index (χ2v) is 6.78. The van der Waals surface area contributed by atoms with Gasteiger partial charge in [0.2, 0.25) is 0 Å². The summed E-state index contributed by atoms with van der Waals surface area (Å²) in [5, 5.41) is 0. The van der Waals surface area contributed by atoms with E-state index in [1.165, 1.54) is 38.8 Å². The van der Waals surface area contributed by atoms with Crippen molar-refractivity contribution in [1.29, 1.82) is 0 Å². The van der Waals surface area contributed by atoms with Gasteiger partial charge in [-0.15, -0.1) is 0 Å². The van der Waals surface area contributed by atoms with Crippen LogP contribution in [0.5, 0.6) is 0 Å². The first-order valence-electron chi connectivity index (χ1n) is 8.44. The molecule has 1 aromatic rings. The van der Waals surface area contributed by atoms with Crippen molar-refractivity contribution in [2.45, 2.75) is 57.3 Å². The maximum atomic E-state index is 5.77. The lowest BCUT2D eigenvalue weighted by atomic mass is 10.0. The number of rotatable bonds is 3. The van der Waals surface area contributed by atoms with Gasteiger partial charge in [-0.25, -0.2) is 0 Å². The molecule has 0 radical (unpaired) electrons. The van der Waals surface area contributed by atoms with E-state index >= 15 is 0 Å². The third kappa shape index (κ3) is 2.65. The van der Waals surface area contributed by atoms with Crippen LogP contribution >= 0.6 is 0 Å². The minimum atomic E-state index is 0.734. The van der Waals surface area contributed by atoms with E-state index in [9.17, 15) is 0 Å². The molecule has 3 aliphatic heterocycles. The number of aryl methyl sites for hydroxylation is 1. The highest BCUT2D eigenvalue weighted by molar-refractivity contribution is 5.08. The fourth-order valence-corrected chi connectivity index (χ4v) is 4.55. The molecular formula is C17H26N2O2. The molecule has 0 spiro atoms. The molecule has 3 fully saturated rings. The van der Waals surface area contributed by atoms with Crippen LogP contribution in [0.2, 0.25) is 0 Å². The predicted molar refractivity (Wildman–Crippen MR) is 81.2 cm³/mol. The van der Waals surface area contributed by atoms with Gasteiger partial charge in [0.15, 0.2) is 0 Å². The molecule has 0 aliphatic carbocycles. The summed E-state index contributed by atoms with van der Waals surface area (Å²) < 4.78 is 11.3. The molecule has 4 heterocycles. The quantitative estimate of drug-likeness (QED) is 0.855. The fourth-order valence-electron chi connectivity index (χ4n) is 4.55. The molecule has 0 bridgehead atoms. The van der Waals surface area contributed by atoms with E-state index in [-0.39, 0.29) is 0 Å². The van der Waals surface area contributed by atoms with Gasteiger partial charge in [-0.1, -0.05) is 0 Å². The number of hydrogen-bond donors (Lipinski definition) is 0. The molecule has 3 saturated heterocycles. The van der Waals surface area contributed by atoms with Crippen molar-refractivity contribution in [3.8, 4) is 0 Å². The molecule has 0 N–H and O–H groups in total. The summed E-state index contributed by atoms with van der Waals surface area (Å²) in [5.74, 6) is 2.15. The molecule has 1 aromatic heterocycles. The molecule has 2 atom stereocenters. The summed E-state index contributed by atoms with van der Waals surface area (Å²) in [4.78, 5) is 5.43.